The summed E-state index contributed by atoms with van der Waals surface area (Å²) in [5.41, 5.74) is 3.03. The van der Waals surface area contributed by atoms with E-state index in [1.165, 1.54) is 0 Å². The van der Waals surface area contributed by atoms with Crippen LogP contribution in [0.1, 0.15) is 22.3 Å². The minimum atomic E-state index is 0.210. The number of carbonyl (C=O) groups excluding carboxylic acids is 1. The molecule has 0 heterocycles. The van der Waals surface area contributed by atoms with E-state index in [4.69, 9.17) is 0 Å². The molecular weight excluding hydrogens is 148 g/mol. The molecule has 0 N–H and O–H groups in total. The second-order valence-corrected chi connectivity index (χ2v) is 3.18. The minimum Gasteiger partial charge on any atom is -0.294 e. The topological polar surface area (TPSA) is 17.1 Å². The third-order valence-corrected chi connectivity index (χ3v) is 2.17. The summed E-state index contributed by atoms with van der Waals surface area (Å²) in [7, 11) is 0. The van der Waals surface area contributed by atoms with Gasteiger partial charge in [-0.15, -0.1) is 0 Å². The molecule has 0 bridgehead atoms. The molecule has 1 aliphatic carbocycles. The molecule has 2 rings (SSSR count). The Labute approximate surface area is 71.7 Å². The Kier molecular flexibility index (Phi) is 1.58. The molecule has 0 aromatic heterocycles. The molecule has 0 amide bonds. The van der Waals surface area contributed by atoms with Crippen molar-refractivity contribution in [2.24, 2.45) is 0 Å². The predicted octanol–water partition coefficient (Wildman–Crippen LogP) is 2.37. The van der Waals surface area contributed by atoms with Crippen LogP contribution in [-0.2, 0) is 6.42 Å². The van der Waals surface area contributed by atoms with Gasteiger partial charge in [0.1, 0.15) is 0 Å². The quantitative estimate of drug-likeness (QED) is 0.530. The van der Waals surface area contributed by atoms with E-state index < -0.39 is 0 Å². The number of ketones is 1. The summed E-state index contributed by atoms with van der Waals surface area (Å²) in [5.74, 6) is 0.210. The van der Waals surface area contributed by atoms with E-state index in [0.717, 1.165) is 23.1 Å². The van der Waals surface area contributed by atoms with E-state index in [-0.39, 0.29) is 5.78 Å². The molecule has 0 fully saturated rings. The summed E-state index contributed by atoms with van der Waals surface area (Å²) in [4.78, 5) is 11.4. The first-order valence-electron chi connectivity index (χ1n) is 4.05. The van der Waals surface area contributed by atoms with Gasteiger partial charge in [-0.05, 0) is 12.0 Å². The summed E-state index contributed by atoms with van der Waals surface area (Å²) in [6.07, 6.45) is 1.39. The van der Waals surface area contributed by atoms with Gasteiger partial charge in [0.25, 0.3) is 0 Å². The summed E-state index contributed by atoms with van der Waals surface area (Å²) in [6.45, 7) is 3.84. The highest BCUT2D eigenvalue weighted by Crippen LogP contribution is 2.23. The fourth-order valence-corrected chi connectivity index (χ4v) is 1.60. The lowest BCUT2D eigenvalue weighted by Gasteiger charge is -2.15. The van der Waals surface area contributed by atoms with Crippen molar-refractivity contribution in [2.45, 2.75) is 12.8 Å². The standard InChI is InChI=1S/C11H10O/c1-8-6-9-4-2-3-5-10(9)11(12)7-8/h2-5H,1,6-7H2. The van der Waals surface area contributed by atoms with Crippen molar-refractivity contribution < 1.29 is 4.79 Å². The van der Waals surface area contributed by atoms with Gasteiger partial charge in [-0.1, -0.05) is 36.4 Å². The van der Waals surface area contributed by atoms with Gasteiger partial charge < -0.3 is 0 Å². The zero-order chi connectivity index (χ0) is 8.55. The first-order valence-corrected chi connectivity index (χ1v) is 4.05. The molecule has 0 saturated carbocycles. The van der Waals surface area contributed by atoms with Crippen molar-refractivity contribution in [2.75, 3.05) is 0 Å². The van der Waals surface area contributed by atoms with E-state index in [9.17, 15) is 4.79 Å². The monoisotopic (exact) mass is 158 g/mol. The molecule has 1 heteroatoms. The SMILES string of the molecule is C=C1CC(=O)c2ccccc2C1. The smallest absolute Gasteiger partial charge is 0.167 e. The number of hydrogen-bond acceptors (Lipinski definition) is 1. The first kappa shape index (κ1) is 7.29. The molecule has 0 atom stereocenters. The van der Waals surface area contributed by atoms with Gasteiger partial charge in [-0.25, -0.2) is 0 Å². The number of benzene rings is 1. The molecular formula is C11H10O. The van der Waals surface area contributed by atoms with Crippen LogP contribution in [0.15, 0.2) is 36.4 Å². The van der Waals surface area contributed by atoms with E-state index in [2.05, 4.69) is 6.58 Å². The Hall–Kier alpha value is -1.37. The highest BCUT2D eigenvalue weighted by molar-refractivity contribution is 6.00. The van der Waals surface area contributed by atoms with E-state index in [1.807, 2.05) is 24.3 Å². The fraction of sp³-hybridized carbons (Fsp3) is 0.182. The van der Waals surface area contributed by atoms with Crippen LogP contribution in [0.25, 0.3) is 0 Å². The summed E-state index contributed by atoms with van der Waals surface area (Å²) >= 11 is 0. The molecule has 1 aromatic carbocycles. The molecule has 12 heavy (non-hydrogen) atoms. The minimum absolute atomic E-state index is 0.210. The van der Waals surface area contributed by atoms with Crippen molar-refractivity contribution in [3.05, 3.63) is 47.5 Å². The lowest BCUT2D eigenvalue weighted by Crippen LogP contribution is -2.11. The highest BCUT2D eigenvalue weighted by Gasteiger charge is 2.17. The Bertz CT molecular complexity index is 350. The van der Waals surface area contributed by atoms with Crippen LogP contribution in [0, 0.1) is 0 Å². The van der Waals surface area contributed by atoms with E-state index >= 15 is 0 Å². The lowest BCUT2D eigenvalue weighted by molar-refractivity contribution is 0.0987. The van der Waals surface area contributed by atoms with Crippen molar-refractivity contribution in [3.63, 3.8) is 0 Å². The third kappa shape index (κ3) is 1.07. The van der Waals surface area contributed by atoms with Gasteiger partial charge in [0.05, 0.1) is 0 Å². The van der Waals surface area contributed by atoms with Crippen LogP contribution >= 0.6 is 0 Å². The number of allylic oxidation sites excluding steroid dienone is 1. The molecule has 0 aliphatic heterocycles. The maximum atomic E-state index is 11.4. The van der Waals surface area contributed by atoms with Gasteiger partial charge in [0.2, 0.25) is 0 Å². The number of hydrogen-bond donors (Lipinski definition) is 0. The largest absolute Gasteiger partial charge is 0.294 e. The van der Waals surface area contributed by atoms with Gasteiger partial charge in [-0.3, -0.25) is 4.79 Å². The van der Waals surface area contributed by atoms with E-state index in [1.54, 1.807) is 0 Å². The number of Topliss-reactive ketones (excluding diaryl/α,β-unsaturated/α-hetero) is 1. The molecule has 0 saturated heterocycles. The first-order chi connectivity index (χ1) is 5.77. The van der Waals surface area contributed by atoms with Crippen molar-refractivity contribution in [3.8, 4) is 0 Å². The molecule has 1 nitrogen and oxygen atoms in total. The molecule has 0 spiro atoms. The zero-order valence-electron chi connectivity index (χ0n) is 6.84. The number of rotatable bonds is 0. The van der Waals surface area contributed by atoms with Crippen molar-refractivity contribution in [1.82, 2.24) is 0 Å². The normalized spacial score (nSPS) is 16.0. The van der Waals surface area contributed by atoms with Crippen molar-refractivity contribution in [1.29, 1.82) is 0 Å². The van der Waals surface area contributed by atoms with Crippen LogP contribution in [0.4, 0.5) is 0 Å². The van der Waals surface area contributed by atoms with Crippen LogP contribution in [0.5, 0.6) is 0 Å². The molecule has 1 aliphatic rings. The average molecular weight is 158 g/mol. The molecule has 0 radical (unpaired) electrons. The maximum absolute atomic E-state index is 11.4. The Balaban J connectivity index is 2.54. The molecule has 0 unspecified atom stereocenters. The van der Waals surface area contributed by atoms with Crippen LogP contribution in [0.3, 0.4) is 0 Å². The fourth-order valence-electron chi connectivity index (χ4n) is 1.60. The Morgan fingerprint density at radius 2 is 1.92 bits per heavy atom. The lowest BCUT2D eigenvalue weighted by atomic mass is 9.88. The van der Waals surface area contributed by atoms with Gasteiger partial charge in [0.15, 0.2) is 5.78 Å². The van der Waals surface area contributed by atoms with E-state index in [0.29, 0.717) is 6.42 Å². The van der Waals surface area contributed by atoms with Gasteiger partial charge in [-0.2, -0.15) is 0 Å². The summed E-state index contributed by atoms with van der Waals surface area (Å²) in [6, 6.07) is 7.76. The number of carbonyl (C=O) groups is 1. The predicted molar refractivity (Wildman–Crippen MR) is 48.2 cm³/mol. The summed E-state index contributed by atoms with van der Waals surface area (Å²) in [5, 5.41) is 0. The average Bonchev–Trinajstić information content (AvgIpc) is 2.04. The zero-order valence-corrected chi connectivity index (χ0v) is 6.84. The number of fused-ring (bicyclic) bond motifs is 1. The third-order valence-electron chi connectivity index (χ3n) is 2.17. The van der Waals surface area contributed by atoms with Gasteiger partial charge >= 0.3 is 0 Å². The maximum Gasteiger partial charge on any atom is 0.167 e. The highest BCUT2D eigenvalue weighted by atomic mass is 16.1. The van der Waals surface area contributed by atoms with Crippen LogP contribution in [-0.4, -0.2) is 5.78 Å². The Morgan fingerprint density at radius 3 is 2.75 bits per heavy atom. The van der Waals surface area contributed by atoms with Gasteiger partial charge in [0, 0.05) is 12.0 Å². The Morgan fingerprint density at radius 1 is 1.17 bits per heavy atom. The molecule has 60 valence electrons. The second-order valence-electron chi connectivity index (χ2n) is 3.18. The second kappa shape index (κ2) is 2.59. The summed E-state index contributed by atoms with van der Waals surface area (Å²) < 4.78 is 0. The van der Waals surface area contributed by atoms with Crippen LogP contribution < -0.4 is 0 Å². The molecule has 1 aromatic rings. The van der Waals surface area contributed by atoms with Crippen molar-refractivity contribution >= 4 is 5.78 Å². The van der Waals surface area contributed by atoms with Crippen LogP contribution in [0.2, 0.25) is 0 Å².